The number of esters is 1. The van der Waals surface area contributed by atoms with Crippen LogP contribution in [0.25, 0.3) is 10.2 Å². The predicted octanol–water partition coefficient (Wildman–Crippen LogP) is 3.77. The van der Waals surface area contributed by atoms with Crippen LogP contribution in [-0.4, -0.2) is 34.5 Å². The molecule has 1 N–H and O–H groups in total. The fraction of sp³-hybridized carbons (Fsp3) is 0.333. The lowest BCUT2D eigenvalue weighted by Gasteiger charge is -2.10. The molecule has 0 radical (unpaired) electrons. The third kappa shape index (κ3) is 3.86. The first-order valence-corrected chi connectivity index (χ1v) is 11.3. The van der Waals surface area contributed by atoms with Crippen molar-refractivity contribution in [2.75, 3.05) is 6.61 Å². The number of aryl methyl sites for hydroxylation is 2. The Balaban J connectivity index is 1.38. The minimum absolute atomic E-state index is 0.247. The largest absolute Gasteiger partial charge is 0.452 e. The maximum Gasteiger partial charge on any atom is 0.339 e. The highest BCUT2D eigenvalue weighted by molar-refractivity contribution is 7.99. The molecule has 0 spiro atoms. The number of aromatic nitrogens is 2. The van der Waals surface area contributed by atoms with Gasteiger partial charge in [-0.15, -0.1) is 11.3 Å². The van der Waals surface area contributed by atoms with Gasteiger partial charge >= 0.3 is 5.97 Å². The van der Waals surface area contributed by atoms with Crippen LogP contribution in [0.1, 0.15) is 40.1 Å². The van der Waals surface area contributed by atoms with Crippen molar-refractivity contribution in [1.29, 1.82) is 0 Å². The van der Waals surface area contributed by atoms with Crippen LogP contribution in [0.4, 0.5) is 0 Å². The van der Waals surface area contributed by atoms with Crippen LogP contribution >= 0.6 is 23.1 Å². The number of amides is 1. The van der Waals surface area contributed by atoms with E-state index in [-0.39, 0.29) is 18.6 Å². The zero-order valence-corrected chi connectivity index (χ0v) is 17.3. The molecular formula is C21H19N3O3S2. The van der Waals surface area contributed by atoms with Gasteiger partial charge in [-0.1, -0.05) is 23.9 Å². The number of ether oxygens (including phenoxy) is 1. The number of rotatable bonds is 6. The summed E-state index contributed by atoms with van der Waals surface area (Å²) in [5, 5.41) is 4.79. The van der Waals surface area contributed by atoms with E-state index in [0.717, 1.165) is 45.8 Å². The van der Waals surface area contributed by atoms with Gasteiger partial charge in [0.25, 0.3) is 5.91 Å². The second-order valence-corrected chi connectivity index (χ2v) is 9.35. The van der Waals surface area contributed by atoms with Crippen molar-refractivity contribution in [2.45, 2.75) is 48.1 Å². The normalized spacial score (nSPS) is 15.3. The van der Waals surface area contributed by atoms with E-state index in [2.05, 4.69) is 15.3 Å². The predicted molar refractivity (Wildman–Crippen MR) is 111 cm³/mol. The highest BCUT2D eigenvalue weighted by atomic mass is 32.2. The van der Waals surface area contributed by atoms with Gasteiger partial charge in [-0.25, -0.2) is 14.8 Å². The zero-order valence-electron chi connectivity index (χ0n) is 15.6. The Morgan fingerprint density at radius 1 is 1.21 bits per heavy atom. The van der Waals surface area contributed by atoms with Crippen LogP contribution in [0.5, 0.6) is 0 Å². The van der Waals surface area contributed by atoms with Crippen LogP contribution in [0.2, 0.25) is 0 Å². The van der Waals surface area contributed by atoms with Gasteiger partial charge in [0.05, 0.1) is 5.56 Å². The SMILES string of the molecule is O=C(COC(=O)c1ccccc1Sc1ncnc2sc3c(c12)CCC3)NC1CC1. The molecule has 29 heavy (non-hydrogen) atoms. The minimum Gasteiger partial charge on any atom is -0.452 e. The number of carbonyl (C=O) groups is 2. The van der Waals surface area contributed by atoms with Crippen molar-refractivity contribution >= 4 is 45.2 Å². The molecule has 1 fully saturated rings. The van der Waals surface area contributed by atoms with Crippen molar-refractivity contribution < 1.29 is 14.3 Å². The molecule has 2 heterocycles. The van der Waals surface area contributed by atoms with E-state index in [1.807, 2.05) is 12.1 Å². The van der Waals surface area contributed by atoms with E-state index >= 15 is 0 Å². The lowest BCUT2D eigenvalue weighted by molar-refractivity contribution is -0.124. The van der Waals surface area contributed by atoms with E-state index in [4.69, 9.17) is 4.74 Å². The van der Waals surface area contributed by atoms with Gasteiger partial charge in [-0.3, -0.25) is 4.79 Å². The van der Waals surface area contributed by atoms with E-state index in [9.17, 15) is 9.59 Å². The summed E-state index contributed by atoms with van der Waals surface area (Å²) in [6.45, 7) is -0.260. The number of hydrogen-bond acceptors (Lipinski definition) is 7. The Labute approximate surface area is 176 Å². The molecule has 2 aliphatic carbocycles. The molecule has 148 valence electrons. The van der Waals surface area contributed by atoms with Crippen LogP contribution in [0.3, 0.4) is 0 Å². The minimum atomic E-state index is -0.500. The fourth-order valence-electron chi connectivity index (χ4n) is 3.51. The Hall–Kier alpha value is -2.45. The second kappa shape index (κ2) is 7.76. The number of nitrogens with zero attached hydrogens (tertiary/aromatic N) is 2. The van der Waals surface area contributed by atoms with E-state index in [1.54, 1.807) is 29.8 Å². The highest BCUT2D eigenvalue weighted by Gasteiger charge is 2.25. The molecule has 0 unspecified atom stereocenters. The fourth-order valence-corrected chi connectivity index (χ4v) is 5.84. The molecular weight excluding hydrogens is 406 g/mol. The zero-order chi connectivity index (χ0) is 19.8. The van der Waals surface area contributed by atoms with Crippen LogP contribution in [-0.2, 0) is 22.4 Å². The lowest BCUT2D eigenvalue weighted by Crippen LogP contribution is -2.30. The number of benzene rings is 1. The Morgan fingerprint density at radius 2 is 2.07 bits per heavy atom. The maximum atomic E-state index is 12.6. The topological polar surface area (TPSA) is 81.2 Å². The molecule has 0 saturated heterocycles. The first kappa shape index (κ1) is 18.6. The van der Waals surface area contributed by atoms with Crippen molar-refractivity contribution in [2.24, 2.45) is 0 Å². The third-order valence-corrected chi connectivity index (χ3v) is 7.34. The summed E-state index contributed by atoms with van der Waals surface area (Å²) in [4.78, 5) is 36.6. The number of fused-ring (bicyclic) bond motifs is 3. The van der Waals surface area contributed by atoms with E-state index in [0.29, 0.717) is 5.56 Å². The molecule has 8 heteroatoms. The molecule has 0 atom stereocenters. The molecule has 0 bridgehead atoms. The summed E-state index contributed by atoms with van der Waals surface area (Å²) in [5.41, 5.74) is 1.79. The maximum absolute atomic E-state index is 12.6. The quantitative estimate of drug-likeness (QED) is 0.478. The average Bonchev–Trinajstić information content (AvgIpc) is 3.29. The first-order valence-electron chi connectivity index (χ1n) is 9.67. The Morgan fingerprint density at radius 3 is 2.93 bits per heavy atom. The van der Waals surface area contributed by atoms with Crippen LogP contribution < -0.4 is 5.32 Å². The number of thiophene rings is 1. The molecule has 1 saturated carbocycles. The van der Waals surface area contributed by atoms with Gasteiger partial charge in [0.15, 0.2) is 6.61 Å². The summed E-state index contributed by atoms with van der Waals surface area (Å²) in [5.74, 6) is -0.753. The molecule has 3 aromatic rings. The van der Waals surface area contributed by atoms with Crippen molar-refractivity contribution in [3.63, 3.8) is 0 Å². The van der Waals surface area contributed by atoms with Gasteiger partial charge in [-0.05, 0) is 49.8 Å². The van der Waals surface area contributed by atoms with Gasteiger partial charge in [0.1, 0.15) is 16.2 Å². The monoisotopic (exact) mass is 425 g/mol. The molecule has 2 aliphatic rings. The van der Waals surface area contributed by atoms with E-state index < -0.39 is 5.97 Å². The van der Waals surface area contributed by atoms with Crippen molar-refractivity contribution in [1.82, 2.24) is 15.3 Å². The highest BCUT2D eigenvalue weighted by Crippen LogP contribution is 2.42. The number of nitrogens with one attached hydrogen (secondary N) is 1. The van der Waals surface area contributed by atoms with Crippen LogP contribution in [0, 0.1) is 0 Å². The van der Waals surface area contributed by atoms with Crippen LogP contribution in [0.15, 0.2) is 40.5 Å². The lowest BCUT2D eigenvalue weighted by atomic mass is 10.2. The standard InChI is InChI=1S/C21H19N3O3S2/c25-17(24-12-8-9-12)10-27-21(26)14-4-1-2-6-16(14)29-20-18-13-5-3-7-15(13)28-19(18)22-11-23-20/h1-2,4,6,11-12H,3,5,7-10H2,(H,24,25). The Kier molecular flexibility index (Phi) is 4.97. The molecule has 6 nitrogen and oxygen atoms in total. The van der Waals surface area contributed by atoms with E-state index in [1.165, 1.54) is 28.6 Å². The molecule has 0 aliphatic heterocycles. The third-order valence-electron chi connectivity index (χ3n) is 5.06. The molecule has 1 amide bonds. The summed E-state index contributed by atoms with van der Waals surface area (Å²) < 4.78 is 5.25. The summed E-state index contributed by atoms with van der Waals surface area (Å²) >= 11 is 3.19. The van der Waals surface area contributed by atoms with Gasteiger partial charge in [0, 0.05) is 21.2 Å². The first-order chi connectivity index (χ1) is 14.2. The summed E-state index contributed by atoms with van der Waals surface area (Å²) in [6, 6.07) is 7.53. The summed E-state index contributed by atoms with van der Waals surface area (Å²) in [7, 11) is 0. The Bertz CT molecular complexity index is 1110. The van der Waals surface area contributed by atoms with Crippen molar-refractivity contribution in [3.05, 3.63) is 46.6 Å². The van der Waals surface area contributed by atoms with Crippen molar-refractivity contribution in [3.8, 4) is 0 Å². The average molecular weight is 426 g/mol. The molecule has 5 rings (SSSR count). The number of hydrogen-bond donors (Lipinski definition) is 1. The molecule has 1 aromatic carbocycles. The van der Waals surface area contributed by atoms with Gasteiger partial charge < -0.3 is 10.1 Å². The summed E-state index contributed by atoms with van der Waals surface area (Å²) in [6.07, 6.45) is 6.90. The second-order valence-electron chi connectivity index (χ2n) is 7.23. The van der Waals surface area contributed by atoms with Gasteiger partial charge in [0.2, 0.25) is 0 Å². The molecule has 2 aromatic heterocycles. The van der Waals surface area contributed by atoms with Gasteiger partial charge in [-0.2, -0.15) is 0 Å². The number of carbonyl (C=O) groups excluding carboxylic acids is 2. The smallest absolute Gasteiger partial charge is 0.339 e.